The van der Waals surface area contributed by atoms with Crippen LogP contribution in [0.2, 0.25) is 0 Å². The van der Waals surface area contributed by atoms with Crippen LogP contribution < -0.4 is 25.0 Å². The number of rotatable bonds is 7. The van der Waals surface area contributed by atoms with Gasteiger partial charge in [-0.05, 0) is 48.6 Å². The fourth-order valence-electron chi connectivity index (χ4n) is 3.38. The van der Waals surface area contributed by atoms with Crippen molar-refractivity contribution in [2.24, 2.45) is 5.92 Å². The maximum atomic E-state index is 12.1. The van der Waals surface area contributed by atoms with Crippen molar-refractivity contribution in [1.82, 2.24) is 15.6 Å². The van der Waals surface area contributed by atoms with Crippen LogP contribution in [0.25, 0.3) is 0 Å². The average molecular weight is 384 g/mol. The number of methoxy groups -OCH3 is 2. The van der Waals surface area contributed by atoms with Crippen LogP contribution in [0, 0.1) is 5.92 Å². The average Bonchev–Trinajstić information content (AvgIpc) is 2.77. The monoisotopic (exact) mass is 384 g/mol. The van der Waals surface area contributed by atoms with E-state index in [9.17, 15) is 4.79 Å². The van der Waals surface area contributed by atoms with Gasteiger partial charge < -0.3 is 25.0 Å². The van der Waals surface area contributed by atoms with Crippen LogP contribution >= 0.6 is 0 Å². The molecule has 3 rings (SSSR count). The second-order valence-electron chi connectivity index (χ2n) is 6.87. The molecule has 1 aliphatic rings. The largest absolute Gasteiger partial charge is 0.493 e. The Morgan fingerprint density at radius 2 is 1.89 bits per heavy atom. The fraction of sp³-hybridized carbons (Fsp3) is 0.429. The molecule has 7 nitrogen and oxygen atoms in total. The van der Waals surface area contributed by atoms with E-state index >= 15 is 0 Å². The second kappa shape index (κ2) is 9.82. The van der Waals surface area contributed by atoms with Gasteiger partial charge in [0.05, 0.1) is 14.2 Å². The molecule has 1 aromatic carbocycles. The number of piperidine rings is 1. The third-order valence-corrected chi connectivity index (χ3v) is 5.04. The number of carbonyl (C=O) groups is 1. The van der Waals surface area contributed by atoms with Gasteiger partial charge in [0.15, 0.2) is 11.5 Å². The van der Waals surface area contributed by atoms with Crippen LogP contribution in [0.4, 0.5) is 10.6 Å². The normalized spacial score (nSPS) is 14.4. The molecule has 2 N–H and O–H groups in total. The molecule has 2 amide bonds. The summed E-state index contributed by atoms with van der Waals surface area (Å²) in [6.07, 6.45) is 3.92. The molecular formula is C21H28N4O3. The summed E-state index contributed by atoms with van der Waals surface area (Å²) in [6.45, 7) is 3.06. The molecule has 0 saturated carbocycles. The zero-order valence-corrected chi connectivity index (χ0v) is 16.5. The third kappa shape index (κ3) is 5.28. The van der Waals surface area contributed by atoms with Crippen LogP contribution in [-0.4, -0.2) is 44.9 Å². The fourth-order valence-corrected chi connectivity index (χ4v) is 3.38. The number of benzene rings is 1. The maximum Gasteiger partial charge on any atom is 0.315 e. The first-order valence-electron chi connectivity index (χ1n) is 9.58. The Balaban J connectivity index is 1.38. The molecule has 1 aromatic heterocycles. The highest BCUT2D eigenvalue weighted by Crippen LogP contribution is 2.27. The van der Waals surface area contributed by atoms with E-state index in [1.807, 2.05) is 42.6 Å². The Morgan fingerprint density at radius 1 is 1.11 bits per heavy atom. The number of ether oxygens (including phenoxy) is 2. The number of amides is 2. The summed E-state index contributed by atoms with van der Waals surface area (Å²) in [5.74, 6) is 2.85. The minimum absolute atomic E-state index is 0.151. The van der Waals surface area contributed by atoms with Crippen molar-refractivity contribution < 1.29 is 14.3 Å². The highest BCUT2D eigenvalue weighted by molar-refractivity contribution is 5.73. The zero-order chi connectivity index (χ0) is 19.8. The minimum atomic E-state index is -0.151. The van der Waals surface area contributed by atoms with Crippen LogP contribution in [0.1, 0.15) is 18.4 Å². The number of carbonyl (C=O) groups excluding carboxylic acids is 1. The molecule has 2 aromatic rings. The molecule has 2 heterocycles. The van der Waals surface area contributed by atoms with E-state index in [0.717, 1.165) is 37.3 Å². The lowest BCUT2D eigenvalue weighted by molar-refractivity contribution is 0.237. The van der Waals surface area contributed by atoms with Gasteiger partial charge >= 0.3 is 6.03 Å². The Kier molecular flexibility index (Phi) is 6.94. The van der Waals surface area contributed by atoms with Gasteiger partial charge in [-0.1, -0.05) is 12.1 Å². The molecule has 150 valence electrons. The predicted octanol–water partition coefficient (Wildman–Crippen LogP) is 2.81. The standard InChI is InChI=1S/C21H28N4O3/c1-27-18-7-6-17(13-19(18)28-2)15-24-21(26)23-14-16-8-11-25(12-9-16)20-5-3-4-10-22-20/h3-7,10,13,16H,8-9,11-12,14-15H2,1-2H3,(H2,23,24,26). The van der Waals surface area contributed by atoms with Gasteiger partial charge in [0.1, 0.15) is 5.82 Å². The Bertz CT molecular complexity index is 762. The summed E-state index contributed by atoms with van der Waals surface area (Å²) in [7, 11) is 3.20. The number of nitrogens with one attached hydrogen (secondary N) is 2. The van der Waals surface area contributed by atoms with Gasteiger partial charge in [-0.3, -0.25) is 0 Å². The van der Waals surface area contributed by atoms with Crippen molar-refractivity contribution in [3.05, 3.63) is 48.2 Å². The molecule has 0 bridgehead atoms. The van der Waals surface area contributed by atoms with Gasteiger partial charge in [0, 0.05) is 32.4 Å². The van der Waals surface area contributed by atoms with Crippen molar-refractivity contribution in [1.29, 1.82) is 0 Å². The van der Waals surface area contributed by atoms with Crippen LogP contribution in [0.5, 0.6) is 11.5 Å². The van der Waals surface area contributed by atoms with E-state index in [0.29, 0.717) is 30.5 Å². The number of anilines is 1. The minimum Gasteiger partial charge on any atom is -0.493 e. The smallest absolute Gasteiger partial charge is 0.315 e. The molecule has 0 spiro atoms. The topological polar surface area (TPSA) is 75.7 Å². The lowest BCUT2D eigenvalue weighted by Gasteiger charge is -2.32. The number of hydrogen-bond donors (Lipinski definition) is 2. The molecule has 1 fully saturated rings. The van der Waals surface area contributed by atoms with Crippen molar-refractivity contribution in [3.63, 3.8) is 0 Å². The van der Waals surface area contributed by atoms with Crippen LogP contribution in [0.15, 0.2) is 42.6 Å². The van der Waals surface area contributed by atoms with E-state index in [1.165, 1.54) is 0 Å². The molecule has 0 aliphatic carbocycles. The zero-order valence-electron chi connectivity index (χ0n) is 16.5. The predicted molar refractivity (Wildman–Crippen MR) is 109 cm³/mol. The van der Waals surface area contributed by atoms with E-state index in [4.69, 9.17) is 9.47 Å². The number of nitrogens with zero attached hydrogens (tertiary/aromatic N) is 2. The molecule has 1 aliphatic heterocycles. The molecule has 0 atom stereocenters. The third-order valence-electron chi connectivity index (χ3n) is 5.04. The van der Waals surface area contributed by atoms with Gasteiger partial charge in [0.25, 0.3) is 0 Å². The van der Waals surface area contributed by atoms with Crippen molar-refractivity contribution >= 4 is 11.8 Å². The summed E-state index contributed by atoms with van der Waals surface area (Å²) in [6, 6.07) is 11.5. The van der Waals surface area contributed by atoms with Crippen molar-refractivity contribution in [2.45, 2.75) is 19.4 Å². The van der Waals surface area contributed by atoms with Gasteiger partial charge in [-0.2, -0.15) is 0 Å². The molecular weight excluding hydrogens is 356 g/mol. The van der Waals surface area contributed by atoms with E-state index in [-0.39, 0.29) is 6.03 Å². The molecule has 0 radical (unpaired) electrons. The first kappa shape index (κ1) is 19.8. The highest BCUT2D eigenvalue weighted by atomic mass is 16.5. The quantitative estimate of drug-likeness (QED) is 0.768. The van der Waals surface area contributed by atoms with Crippen LogP contribution in [0.3, 0.4) is 0 Å². The number of urea groups is 1. The van der Waals surface area contributed by atoms with Gasteiger partial charge in [-0.25, -0.2) is 9.78 Å². The van der Waals surface area contributed by atoms with Crippen LogP contribution in [-0.2, 0) is 6.54 Å². The molecule has 1 saturated heterocycles. The molecule has 0 unspecified atom stereocenters. The summed E-state index contributed by atoms with van der Waals surface area (Å²) >= 11 is 0. The summed E-state index contributed by atoms with van der Waals surface area (Å²) < 4.78 is 10.5. The summed E-state index contributed by atoms with van der Waals surface area (Å²) in [5, 5.41) is 5.88. The van der Waals surface area contributed by atoms with E-state index < -0.39 is 0 Å². The first-order chi connectivity index (χ1) is 13.7. The Morgan fingerprint density at radius 3 is 2.57 bits per heavy atom. The number of aromatic nitrogens is 1. The molecule has 7 heteroatoms. The second-order valence-corrected chi connectivity index (χ2v) is 6.87. The van der Waals surface area contributed by atoms with Crippen molar-refractivity contribution in [3.8, 4) is 11.5 Å². The SMILES string of the molecule is COc1ccc(CNC(=O)NCC2CCN(c3ccccn3)CC2)cc1OC. The highest BCUT2D eigenvalue weighted by Gasteiger charge is 2.20. The lowest BCUT2D eigenvalue weighted by atomic mass is 9.97. The Hall–Kier alpha value is -2.96. The maximum absolute atomic E-state index is 12.1. The van der Waals surface area contributed by atoms with Gasteiger partial charge in [-0.15, -0.1) is 0 Å². The van der Waals surface area contributed by atoms with E-state index in [2.05, 4.69) is 20.5 Å². The summed E-state index contributed by atoms with van der Waals surface area (Å²) in [5.41, 5.74) is 0.955. The molecule has 28 heavy (non-hydrogen) atoms. The Labute approximate surface area is 166 Å². The summed E-state index contributed by atoms with van der Waals surface area (Å²) in [4.78, 5) is 18.8. The number of pyridine rings is 1. The first-order valence-corrected chi connectivity index (χ1v) is 9.58. The lowest BCUT2D eigenvalue weighted by Crippen LogP contribution is -2.42. The van der Waals surface area contributed by atoms with Gasteiger partial charge in [0.2, 0.25) is 0 Å². The van der Waals surface area contributed by atoms with Crippen molar-refractivity contribution in [2.75, 3.05) is 38.8 Å². The number of hydrogen-bond acceptors (Lipinski definition) is 5. The van der Waals surface area contributed by atoms with E-state index in [1.54, 1.807) is 14.2 Å².